The van der Waals surface area contributed by atoms with Gasteiger partial charge in [0, 0.05) is 33.1 Å². The number of aliphatic hydroxyl groups excluding tert-OH is 1. The van der Waals surface area contributed by atoms with Crippen LogP contribution in [-0.2, 0) is 6.42 Å². The van der Waals surface area contributed by atoms with Crippen LogP contribution in [0.15, 0.2) is 60.7 Å². The third kappa shape index (κ3) is 4.51. The van der Waals surface area contributed by atoms with E-state index in [1.165, 1.54) is 12.1 Å². The molecule has 2 N–H and O–H groups in total. The molecule has 2 heterocycles. The number of aromatic nitrogens is 1. The Hall–Kier alpha value is -2.80. The minimum atomic E-state index is -0.347. The van der Waals surface area contributed by atoms with Gasteiger partial charge in [0.2, 0.25) is 0 Å². The Morgan fingerprint density at radius 3 is 2.77 bits per heavy atom. The van der Waals surface area contributed by atoms with Crippen LogP contribution in [0, 0.1) is 5.82 Å². The van der Waals surface area contributed by atoms with Crippen molar-refractivity contribution in [2.45, 2.75) is 6.42 Å². The molecule has 2 aromatic heterocycles. The third-order valence-corrected chi connectivity index (χ3v) is 5.95. The second-order valence-corrected chi connectivity index (χ2v) is 8.35. The van der Waals surface area contributed by atoms with E-state index in [4.69, 9.17) is 16.7 Å². The largest absolute Gasteiger partial charge is 0.395 e. The Balaban J connectivity index is 1.68. The fraction of sp³-hybridized carbons (Fsp3) is 0.130. The average molecular weight is 441 g/mol. The highest BCUT2D eigenvalue weighted by Crippen LogP contribution is 2.35. The fourth-order valence-electron chi connectivity index (χ4n) is 3.29. The number of rotatable bonds is 6. The second-order valence-electron chi connectivity index (χ2n) is 6.78. The lowest BCUT2D eigenvalue weighted by molar-refractivity contribution is 0.0940. The van der Waals surface area contributed by atoms with Crippen LogP contribution >= 0.6 is 22.9 Å². The first kappa shape index (κ1) is 20.5. The Labute approximate surface area is 182 Å². The molecule has 0 aliphatic rings. The van der Waals surface area contributed by atoms with Gasteiger partial charge in [0.25, 0.3) is 5.91 Å². The average Bonchev–Trinajstić information content (AvgIpc) is 3.13. The molecule has 2 aromatic carbocycles. The molecule has 4 nitrogen and oxygen atoms in total. The van der Waals surface area contributed by atoms with Gasteiger partial charge in [-0.2, -0.15) is 0 Å². The Morgan fingerprint density at radius 2 is 1.97 bits per heavy atom. The van der Waals surface area contributed by atoms with Crippen molar-refractivity contribution in [2.24, 2.45) is 0 Å². The molecule has 0 aliphatic carbocycles. The van der Waals surface area contributed by atoms with E-state index >= 15 is 0 Å². The standard InChI is InChI=1S/C23H18ClFN2O2S/c24-16-9-14(10-17(25)13-16)11-18-12-15-3-1-4-19(22(15)30-18)20-5-2-6-21(27-20)23(29)26-7-8-28/h1-6,9-10,12-13,28H,7-8,11H2,(H,26,29). The zero-order valence-electron chi connectivity index (χ0n) is 15.9. The van der Waals surface area contributed by atoms with Gasteiger partial charge in [0.1, 0.15) is 11.5 Å². The number of thiophene rings is 1. The Kier molecular flexibility index (Phi) is 6.08. The van der Waals surface area contributed by atoms with Crippen LogP contribution in [0.3, 0.4) is 0 Å². The number of amides is 1. The van der Waals surface area contributed by atoms with Gasteiger partial charge < -0.3 is 10.4 Å². The van der Waals surface area contributed by atoms with Crippen molar-refractivity contribution in [1.29, 1.82) is 0 Å². The summed E-state index contributed by atoms with van der Waals surface area (Å²) in [6.45, 7) is 0.0535. The summed E-state index contributed by atoms with van der Waals surface area (Å²) < 4.78 is 14.7. The summed E-state index contributed by atoms with van der Waals surface area (Å²) in [5.41, 5.74) is 2.73. The van der Waals surface area contributed by atoms with Crippen LogP contribution < -0.4 is 5.32 Å². The van der Waals surface area contributed by atoms with Gasteiger partial charge in [-0.15, -0.1) is 11.3 Å². The van der Waals surface area contributed by atoms with E-state index in [-0.39, 0.29) is 24.9 Å². The van der Waals surface area contributed by atoms with Crippen molar-refractivity contribution < 1.29 is 14.3 Å². The van der Waals surface area contributed by atoms with Crippen LogP contribution in [0.4, 0.5) is 4.39 Å². The molecule has 0 spiro atoms. The van der Waals surface area contributed by atoms with E-state index < -0.39 is 0 Å². The van der Waals surface area contributed by atoms with Crippen LogP contribution in [0.5, 0.6) is 0 Å². The molecular formula is C23H18ClFN2O2S. The number of pyridine rings is 1. The van der Waals surface area contributed by atoms with Crippen molar-refractivity contribution >= 4 is 38.9 Å². The number of halogens is 2. The molecule has 0 saturated heterocycles. The van der Waals surface area contributed by atoms with Crippen molar-refractivity contribution in [3.8, 4) is 11.3 Å². The quantitative estimate of drug-likeness (QED) is 0.440. The minimum Gasteiger partial charge on any atom is -0.395 e. The Bertz CT molecular complexity index is 1200. The maximum absolute atomic E-state index is 13.7. The first-order valence-corrected chi connectivity index (χ1v) is 10.6. The van der Waals surface area contributed by atoms with Crippen molar-refractivity contribution in [1.82, 2.24) is 10.3 Å². The molecule has 7 heteroatoms. The highest BCUT2D eigenvalue weighted by atomic mass is 35.5. The van der Waals surface area contributed by atoms with E-state index in [1.54, 1.807) is 29.5 Å². The van der Waals surface area contributed by atoms with Gasteiger partial charge in [0.15, 0.2) is 0 Å². The molecule has 4 aromatic rings. The van der Waals surface area contributed by atoms with Crippen molar-refractivity contribution in [3.05, 3.63) is 87.6 Å². The van der Waals surface area contributed by atoms with Crippen molar-refractivity contribution in [2.75, 3.05) is 13.2 Å². The molecule has 0 aliphatic heterocycles. The van der Waals surface area contributed by atoms with Crippen LogP contribution in [0.25, 0.3) is 21.3 Å². The number of nitrogens with zero attached hydrogens (tertiary/aromatic N) is 1. The summed E-state index contributed by atoms with van der Waals surface area (Å²) in [6, 6.07) is 17.9. The summed E-state index contributed by atoms with van der Waals surface area (Å²) in [6.07, 6.45) is 0.577. The van der Waals surface area contributed by atoms with Gasteiger partial charge in [0.05, 0.1) is 12.3 Å². The lowest BCUT2D eigenvalue weighted by Crippen LogP contribution is -2.27. The first-order valence-electron chi connectivity index (χ1n) is 9.36. The SMILES string of the molecule is O=C(NCCO)c1cccc(-c2cccc3cc(Cc4cc(F)cc(Cl)c4)sc23)n1. The monoisotopic (exact) mass is 440 g/mol. The molecule has 4 rings (SSSR count). The zero-order valence-corrected chi connectivity index (χ0v) is 17.4. The maximum Gasteiger partial charge on any atom is 0.269 e. The summed E-state index contributed by atoms with van der Waals surface area (Å²) >= 11 is 7.60. The molecule has 0 saturated carbocycles. The molecule has 0 fully saturated rings. The molecule has 0 atom stereocenters. The predicted molar refractivity (Wildman–Crippen MR) is 119 cm³/mol. The fourth-order valence-corrected chi connectivity index (χ4v) is 4.75. The van der Waals surface area contributed by atoms with Crippen LogP contribution in [-0.4, -0.2) is 29.1 Å². The normalized spacial score (nSPS) is 11.0. The zero-order chi connectivity index (χ0) is 21.1. The third-order valence-electron chi connectivity index (χ3n) is 4.55. The molecule has 1 amide bonds. The van der Waals surface area contributed by atoms with Gasteiger partial charge in [-0.3, -0.25) is 4.79 Å². The topological polar surface area (TPSA) is 62.2 Å². The van der Waals surface area contributed by atoms with E-state index in [0.717, 1.165) is 26.1 Å². The summed E-state index contributed by atoms with van der Waals surface area (Å²) in [7, 11) is 0. The highest BCUT2D eigenvalue weighted by Gasteiger charge is 2.13. The molecule has 30 heavy (non-hydrogen) atoms. The van der Waals surface area contributed by atoms with E-state index in [1.807, 2.05) is 24.3 Å². The van der Waals surface area contributed by atoms with E-state index in [0.29, 0.717) is 22.8 Å². The number of carbonyl (C=O) groups excluding carboxylic acids is 1. The number of nitrogens with one attached hydrogen (secondary N) is 1. The van der Waals surface area contributed by atoms with E-state index in [9.17, 15) is 9.18 Å². The smallest absolute Gasteiger partial charge is 0.269 e. The molecule has 0 radical (unpaired) electrons. The number of hydrogen-bond donors (Lipinski definition) is 2. The number of fused-ring (bicyclic) bond motifs is 1. The van der Waals surface area contributed by atoms with Gasteiger partial charge in [-0.25, -0.2) is 9.37 Å². The molecular weight excluding hydrogens is 423 g/mol. The predicted octanol–water partition coefficient (Wildman–Crippen LogP) is 5.07. The van der Waals surface area contributed by atoms with Crippen molar-refractivity contribution in [3.63, 3.8) is 0 Å². The Morgan fingerprint density at radius 1 is 1.13 bits per heavy atom. The van der Waals surface area contributed by atoms with Crippen LogP contribution in [0.1, 0.15) is 20.9 Å². The van der Waals surface area contributed by atoms with Gasteiger partial charge >= 0.3 is 0 Å². The molecule has 0 unspecified atom stereocenters. The summed E-state index contributed by atoms with van der Waals surface area (Å²) in [5, 5.41) is 12.9. The van der Waals surface area contributed by atoms with Crippen LogP contribution in [0.2, 0.25) is 5.02 Å². The lowest BCUT2D eigenvalue weighted by Gasteiger charge is -2.06. The first-order chi connectivity index (χ1) is 14.5. The number of carbonyl (C=O) groups is 1. The highest BCUT2D eigenvalue weighted by molar-refractivity contribution is 7.19. The number of benzene rings is 2. The van der Waals surface area contributed by atoms with E-state index in [2.05, 4.69) is 16.4 Å². The van der Waals surface area contributed by atoms with Gasteiger partial charge in [-0.1, -0.05) is 35.9 Å². The number of hydrogen-bond acceptors (Lipinski definition) is 4. The summed E-state index contributed by atoms with van der Waals surface area (Å²) in [4.78, 5) is 17.8. The maximum atomic E-state index is 13.7. The lowest BCUT2D eigenvalue weighted by atomic mass is 10.1. The van der Waals surface area contributed by atoms with Gasteiger partial charge in [-0.05, 0) is 47.3 Å². The second kappa shape index (κ2) is 8.92. The molecule has 152 valence electrons. The summed E-state index contributed by atoms with van der Waals surface area (Å²) in [5.74, 6) is -0.673. The molecule has 0 bridgehead atoms. The number of aliphatic hydroxyl groups is 1. The minimum absolute atomic E-state index is 0.126.